The number of imidazole rings is 1. The summed E-state index contributed by atoms with van der Waals surface area (Å²) in [6, 6.07) is 15.9. The van der Waals surface area contributed by atoms with Crippen molar-refractivity contribution < 1.29 is 9.50 Å². The molecule has 5 rings (SSSR count). The zero-order chi connectivity index (χ0) is 20.0. The van der Waals surface area contributed by atoms with Gasteiger partial charge in [0.1, 0.15) is 11.4 Å². The highest BCUT2D eigenvalue weighted by molar-refractivity contribution is 7.08. The van der Waals surface area contributed by atoms with E-state index in [4.69, 9.17) is 5.26 Å². The maximum absolute atomic E-state index is 14.7. The van der Waals surface area contributed by atoms with E-state index < -0.39 is 17.5 Å². The van der Waals surface area contributed by atoms with Gasteiger partial charge in [0.05, 0.1) is 35.9 Å². The van der Waals surface area contributed by atoms with Gasteiger partial charge in [0.2, 0.25) is 0 Å². The molecule has 142 valence electrons. The topological polar surface area (TPSA) is 61.8 Å². The minimum Gasteiger partial charge on any atom is -0.379 e. The van der Waals surface area contributed by atoms with Crippen LogP contribution in [0.25, 0.3) is 11.1 Å². The van der Waals surface area contributed by atoms with E-state index in [1.807, 2.05) is 46.3 Å². The molecule has 2 aromatic heterocycles. The Bertz CT molecular complexity index is 1240. The highest BCUT2D eigenvalue weighted by Gasteiger charge is 2.45. The van der Waals surface area contributed by atoms with Gasteiger partial charge in [0, 0.05) is 12.0 Å². The number of hydrogen-bond acceptors (Lipinski definition) is 4. The number of aromatic nitrogens is 2. The molecule has 6 heteroatoms. The number of hydrogen-bond donors (Lipinski definition) is 1. The van der Waals surface area contributed by atoms with Gasteiger partial charge < -0.3 is 9.67 Å². The Hall–Kier alpha value is -3.27. The largest absolute Gasteiger partial charge is 0.379 e. The number of rotatable bonds is 3. The third kappa shape index (κ3) is 2.79. The van der Waals surface area contributed by atoms with E-state index in [0.29, 0.717) is 17.7 Å². The first-order valence-corrected chi connectivity index (χ1v) is 10.1. The molecule has 2 atom stereocenters. The van der Waals surface area contributed by atoms with Crippen LogP contribution >= 0.6 is 11.3 Å². The zero-order valence-corrected chi connectivity index (χ0v) is 16.1. The molecule has 0 unspecified atom stereocenters. The van der Waals surface area contributed by atoms with Crippen molar-refractivity contribution in [2.45, 2.75) is 18.1 Å². The van der Waals surface area contributed by atoms with E-state index in [0.717, 1.165) is 16.7 Å². The third-order valence-corrected chi connectivity index (χ3v) is 6.28. The molecule has 0 amide bonds. The Kier molecular flexibility index (Phi) is 4.09. The van der Waals surface area contributed by atoms with E-state index in [2.05, 4.69) is 10.4 Å². The monoisotopic (exact) mass is 401 g/mol. The van der Waals surface area contributed by atoms with Crippen LogP contribution in [-0.2, 0) is 5.60 Å². The van der Waals surface area contributed by atoms with Crippen LogP contribution in [-0.4, -0.2) is 14.7 Å². The van der Waals surface area contributed by atoms with Gasteiger partial charge in [0.25, 0.3) is 0 Å². The molecule has 2 aromatic carbocycles. The Morgan fingerprint density at radius 2 is 2.10 bits per heavy atom. The average molecular weight is 401 g/mol. The fourth-order valence-corrected chi connectivity index (χ4v) is 4.80. The molecule has 29 heavy (non-hydrogen) atoms. The quantitative estimate of drug-likeness (QED) is 0.534. The molecule has 0 fully saturated rings. The van der Waals surface area contributed by atoms with Crippen molar-refractivity contribution in [3.63, 3.8) is 0 Å². The second-order valence-electron chi connectivity index (χ2n) is 7.21. The molecule has 0 saturated carbocycles. The van der Waals surface area contributed by atoms with Crippen molar-refractivity contribution >= 4 is 11.3 Å². The highest BCUT2D eigenvalue weighted by Crippen LogP contribution is 2.47. The number of aliphatic hydroxyl groups is 1. The van der Waals surface area contributed by atoms with Gasteiger partial charge in [-0.05, 0) is 51.7 Å². The molecule has 4 aromatic rings. The van der Waals surface area contributed by atoms with E-state index in [-0.39, 0.29) is 5.56 Å². The summed E-state index contributed by atoms with van der Waals surface area (Å²) < 4.78 is 16.5. The third-order valence-electron chi connectivity index (χ3n) is 5.60. The lowest BCUT2D eigenvalue weighted by Crippen LogP contribution is -2.24. The van der Waals surface area contributed by atoms with Gasteiger partial charge >= 0.3 is 0 Å². The first-order valence-electron chi connectivity index (χ1n) is 9.17. The van der Waals surface area contributed by atoms with E-state index in [9.17, 15) is 9.50 Å². The first kappa shape index (κ1) is 17.8. The van der Waals surface area contributed by atoms with Gasteiger partial charge in [-0.3, -0.25) is 0 Å². The molecule has 1 aliphatic heterocycles. The number of nitrogens with zero attached hydrogens (tertiary/aromatic N) is 3. The van der Waals surface area contributed by atoms with Crippen LogP contribution in [0, 0.1) is 17.1 Å². The van der Waals surface area contributed by atoms with Crippen LogP contribution in [0.15, 0.2) is 71.8 Å². The molecule has 3 heterocycles. The van der Waals surface area contributed by atoms with E-state index >= 15 is 0 Å². The second-order valence-corrected chi connectivity index (χ2v) is 7.99. The summed E-state index contributed by atoms with van der Waals surface area (Å²) in [5, 5.41) is 24.8. The second kappa shape index (κ2) is 6.66. The summed E-state index contributed by atoms with van der Waals surface area (Å²) in [6.07, 6.45) is 3.55. The summed E-state index contributed by atoms with van der Waals surface area (Å²) in [4.78, 5) is 4.21. The molecule has 0 bridgehead atoms. The minimum absolute atomic E-state index is 0.272. The Morgan fingerprint density at radius 3 is 2.86 bits per heavy atom. The van der Waals surface area contributed by atoms with Crippen molar-refractivity contribution in [3.05, 3.63) is 100 Å². The van der Waals surface area contributed by atoms with Gasteiger partial charge in [-0.15, -0.1) is 0 Å². The van der Waals surface area contributed by atoms with Crippen LogP contribution in [0.3, 0.4) is 0 Å². The van der Waals surface area contributed by atoms with Crippen LogP contribution in [0.1, 0.15) is 34.8 Å². The lowest BCUT2D eigenvalue weighted by atomic mass is 9.85. The number of halogens is 1. The molecule has 1 aliphatic rings. The van der Waals surface area contributed by atoms with Crippen LogP contribution < -0.4 is 0 Å². The maximum Gasteiger partial charge on any atom is 0.133 e. The average Bonchev–Trinajstić information content (AvgIpc) is 3.48. The molecule has 0 radical (unpaired) electrons. The smallest absolute Gasteiger partial charge is 0.133 e. The van der Waals surface area contributed by atoms with Crippen molar-refractivity contribution in [2.24, 2.45) is 0 Å². The Labute approximate surface area is 171 Å². The highest BCUT2D eigenvalue weighted by atomic mass is 32.1. The number of fused-ring (bicyclic) bond motifs is 1. The lowest BCUT2D eigenvalue weighted by molar-refractivity contribution is 0.0793. The Morgan fingerprint density at radius 1 is 1.21 bits per heavy atom. The van der Waals surface area contributed by atoms with E-state index in [1.54, 1.807) is 36.0 Å². The summed E-state index contributed by atoms with van der Waals surface area (Å²) in [5.74, 6) is -0.454. The van der Waals surface area contributed by atoms with Gasteiger partial charge in [-0.25, -0.2) is 9.37 Å². The first-order chi connectivity index (χ1) is 14.1. The van der Waals surface area contributed by atoms with Crippen LogP contribution in [0.2, 0.25) is 0 Å². The maximum atomic E-state index is 14.7. The number of nitriles is 1. The SMILES string of the molecule is N#Cc1ccc([C@H]2C[C@](O)(c3cccc(-c4ccsc4)c3)c3cncn32)c(F)c1. The fourth-order valence-electron chi connectivity index (χ4n) is 4.13. The van der Waals surface area contributed by atoms with Crippen molar-refractivity contribution in [1.29, 1.82) is 5.26 Å². The predicted molar refractivity (Wildman–Crippen MR) is 109 cm³/mol. The fraction of sp³-hybridized carbons (Fsp3) is 0.130. The molecule has 1 N–H and O–H groups in total. The van der Waals surface area contributed by atoms with Crippen molar-refractivity contribution in [2.75, 3.05) is 0 Å². The summed E-state index contributed by atoms with van der Waals surface area (Å²) >= 11 is 1.62. The van der Waals surface area contributed by atoms with Crippen molar-refractivity contribution in [1.82, 2.24) is 9.55 Å². The van der Waals surface area contributed by atoms with Gasteiger partial charge in [-0.2, -0.15) is 16.6 Å². The van der Waals surface area contributed by atoms with Gasteiger partial charge in [-0.1, -0.05) is 24.3 Å². The molecule has 0 spiro atoms. The number of thiophene rings is 1. The summed E-state index contributed by atoms with van der Waals surface area (Å²) in [7, 11) is 0. The Balaban J connectivity index is 1.60. The number of benzene rings is 2. The van der Waals surface area contributed by atoms with Crippen molar-refractivity contribution in [3.8, 4) is 17.2 Å². The predicted octanol–water partition coefficient (Wildman–Crippen LogP) is 4.85. The van der Waals surface area contributed by atoms with E-state index in [1.165, 1.54) is 6.07 Å². The molecule has 0 saturated heterocycles. The summed E-state index contributed by atoms with van der Waals surface area (Å²) in [6.45, 7) is 0. The van der Waals surface area contributed by atoms with Gasteiger partial charge in [0.15, 0.2) is 0 Å². The minimum atomic E-state index is -1.28. The molecule has 4 nitrogen and oxygen atoms in total. The zero-order valence-electron chi connectivity index (χ0n) is 15.3. The summed E-state index contributed by atoms with van der Waals surface area (Å²) in [5.41, 5.74) is 2.93. The lowest BCUT2D eigenvalue weighted by Gasteiger charge is -2.24. The van der Waals surface area contributed by atoms with Crippen LogP contribution in [0.4, 0.5) is 4.39 Å². The van der Waals surface area contributed by atoms with Crippen LogP contribution in [0.5, 0.6) is 0 Å². The standard InChI is InChI=1S/C23H16FN3OS/c24-20-8-15(11-25)4-5-19(20)21-10-23(28,22-12-26-14-27(21)22)18-3-1-2-16(9-18)17-6-7-29-13-17/h1-9,12-14,21,28H,10H2/t21-,23+/m1/s1. The molecular weight excluding hydrogens is 385 g/mol. The molecule has 0 aliphatic carbocycles. The normalized spacial score (nSPS) is 20.4. The molecular formula is C23H16FN3OS.